The molecule has 86 heavy (non-hydrogen) atoms. The topological polar surface area (TPSA) is 281 Å². The maximum Gasteiger partial charge on any atom is 0.361 e. The number of β-lactam (4-membered cyclic amide) rings is 1. The van der Waals surface area contributed by atoms with Gasteiger partial charge in [0.1, 0.15) is 51.9 Å². The van der Waals surface area contributed by atoms with Crippen LogP contribution in [0.3, 0.4) is 0 Å². The molecule has 21 nitrogen and oxygen atoms in total. The summed E-state index contributed by atoms with van der Waals surface area (Å²) in [4.78, 5) is 107. The van der Waals surface area contributed by atoms with Crippen molar-refractivity contribution in [2.45, 2.75) is 78.3 Å². The minimum absolute atomic E-state index is 0.0118. The molecule has 4 N–H and O–H groups in total. The maximum absolute atomic E-state index is 15.1. The van der Waals surface area contributed by atoms with Gasteiger partial charge in [-0.25, -0.2) is 19.4 Å². The second kappa shape index (κ2) is 27.1. The number of aromatic carboxylic acids is 1. The summed E-state index contributed by atoms with van der Waals surface area (Å²) in [6.07, 6.45) is 0. The molecule has 1 fully saturated rings. The normalized spacial score (nSPS) is 15.3. The fourth-order valence-corrected chi connectivity index (χ4v) is 13.9. The largest absolute Gasteiger partial charge is 0.497 e. The molecule has 2 amide bonds. The van der Waals surface area contributed by atoms with Crippen molar-refractivity contribution >= 4 is 111 Å². The monoisotopic (exact) mass is 1260 g/mol. The lowest BCUT2D eigenvalue weighted by Gasteiger charge is -2.49. The van der Waals surface area contributed by atoms with Crippen molar-refractivity contribution in [3.63, 3.8) is 0 Å². The van der Waals surface area contributed by atoms with Crippen molar-refractivity contribution < 1.29 is 72.3 Å². The zero-order valence-electron chi connectivity index (χ0n) is 46.7. The highest BCUT2D eigenvalue weighted by Crippen LogP contribution is 2.45. The van der Waals surface area contributed by atoms with Crippen LogP contribution in [0.5, 0.6) is 23.1 Å². The lowest BCUT2D eigenvalue weighted by molar-refractivity contribution is -0.162. The molecule has 444 valence electrons. The van der Waals surface area contributed by atoms with Crippen LogP contribution in [0, 0.1) is 0 Å². The van der Waals surface area contributed by atoms with E-state index in [2.05, 4.69) is 20.2 Å². The van der Waals surface area contributed by atoms with Crippen LogP contribution < -0.4 is 24.8 Å². The highest BCUT2D eigenvalue weighted by molar-refractivity contribution is 8.02. The molecule has 2 aromatic heterocycles. The quantitative estimate of drug-likeness (QED) is 0.00677. The predicted octanol–water partition coefficient (Wildman–Crippen LogP) is 9.64. The van der Waals surface area contributed by atoms with E-state index in [1.54, 1.807) is 50.4 Å². The number of anilines is 1. The molecule has 4 heterocycles. The van der Waals surface area contributed by atoms with E-state index in [9.17, 15) is 39.0 Å². The van der Waals surface area contributed by atoms with Crippen LogP contribution in [0.25, 0.3) is 0 Å². The Morgan fingerprint density at radius 2 is 1.45 bits per heavy atom. The molecule has 0 radical (unpaired) electrons. The minimum Gasteiger partial charge on any atom is -0.497 e. The summed E-state index contributed by atoms with van der Waals surface area (Å²) in [5, 5.41) is 31.8. The number of hydrogen-bond donors (Lipinski definition) is 4. The number of methoxy groups -OCH3 is 1. The van der Waals surface area contributed by atoms with E-state index in [4.69, 9.17) is 33.5 Å². The first-order valence-electron chi connectivity index (χ1n) is 26.1. The van der Waals surface area contributed by atoms with Crippen LogP contribution in [0.15, 0.2) is 164 Å². The Morgan fingerprint density at radius 1 is 0.837 bits per heavy atom. The SMILES string of the molecule is COc1ccc(COC(=O)C2=C(CSc3snc(O)c3C(=O)O)CS[C@H]3[C@H](NC(=O)/C(=N\O[C@H](Sc4ccc(OC(C)=O)c(OC(C)=O)c4)C(=O)OC(C)(C)C)c4csc(NC(c5ccccc5)(c5ccccc5)c5ccccc5)n4)C(=O)N23)cc1. The summed E-state index contributed by atoms with van der Waals surface area (Å²) >= 11 is 4.87. The average molecular weight is 1260 g/mol. The van der Waals surface area contributed by atoms with Gasteiger partial charge in [-0.1, -0.05) is 120 Å². The Kier molecular flexibility index (Phi) is 19.5. The number of carbonyl (C=O) groups is 7. The molecule has 0 bridgehead atoms. The third-order valence-electron chi connectivity index (χ3n) is 12.7. The van der Waals surface area contributed by atoms with E-state index < -0.39 is 86.8 Å². The first kappa shape index (κ1) is 61.9. The predicted molar refractivity (Wildman–Crippen MR) is 323 cm³/mol. The Morgan fingerprint density at radius 3 is 2.03 bits per heavy atom. The summed E-state index contributed by atoms with van der Waals surface area (Å²) in [7, 11) is 1.51. The Bertz CT molecular complexity index is 3650. The van der Waals surface area contributed by atoms with Crippen LogP contribution >= 0.6 is 58.2 Å². The van der Waals surface area contributed by atoms with Crippen molar-refractivity contribution in [3.05, 3.63) is 184 Å². The van der Waals surface area contributed by atoms with Gasteiger partial charge >= 0.3 is 29.8 Å². The minimum atomic E-state index is -1.68. The number of nitrogens with one attached hydrogen (secondary N) is 2. The van der Waals surface area contributed by atoms with Crippen molar-refractivity contribution in [3.8, 4) is 23.1 Å². The number of rotatable bonds is 23. The summed E-state index contributed by atoms with van der Waals surface area (Å²) in [5.41, 5.74) is -1.29. The number of carboxylic acid groups (broad SMARTS) is 1. The van der Waals surface area contributed by atoms with Gasteiger partial charge in [-0.2, -0.15) is 4.37 Å². The van der Waals surface area contributed by atoms with Crippen LogP contribution in [0.2, 0.25) is 0 Å². The molecule has 0 saturated carbocycles. The van der Waals surface area contributed by atoms with Crippen molar-refractivity contribution in [1.82, 2.24) is 19.6 Å². The summed E-state index contributed by atoms with van der Waals surface area (Å²) < 4.78 is 31.4. The van der Waals surface area contributed by atoms with Crippen LogP contribution in [0.4, 0.5) is 5.13 Å². The summed E-state index contributed by atoms with van der Waals surface area (Å²) in [5.74, 6) is -6.52. The second-order valence-electron chi connectivity index (χ2n) is 19.8. The molecule has 2 aliphatic rings. The van der Waals surface area contributed by atoms with Gasteiger partial charge in [-0.15, -0.1) is 34.9 Å². The van der Waals surface area contributed by atoms with Crippen molar-refractivity contribution in [1.29, 1.82) is 0 Å². The Balaban J connectivity index is 1.08. The molecule has 9 rings (SSSR count). The number of esters is 4. The molecule has 3 atom stereocenters. The fraction of sp³-hybridized carbons (Fsp3) is 0.233. The van der Waals surface area contributed by atoms with E-state index in [1.807, 2.05) is 91.0 Å². The van der Waals surface area contributed by atoms with E-state index >= 15 is 4.79 Å². The van der Waals surface area contributed by atoms with Crippen LogP contribution in [-0.4, -0.2) is 113 Å². The molecule has 0 spiro atoms. The number of fused-ring (bicyclic) bond motifs is 1. The Labute approximate surface area is 513 Å². The highest BCUT2D eigenvalue weighted by atomic mass is 32.2. The molecule has 0 unspecified atom stereocenters. The molecule has 7 aromatic rings. The number of benzene rings is 5. The zero-order valence-corrected chi connectivity index (χ0v) is 50.7. The number of aromatic hydroxyl groups is 1. The van der Waals surface area contributed by atoms with Gasteiger partial charge in [0.25, 0.3) is 17.3 Å². The number of thioether (sulfide) groups is 3. The molecular weight excluding hydrogens is 1210 g/mol. The first-order chi connectivity index (χ1) is 41.2. The number of carbonyl (C=O) groups excluding carboxylic acids is 6. The molecule has 5 aromatic carbocycles. The zero-order chi connectivity index (χ0) is 61.3. The number of amides is 2. The highest BCUT2D eigenvalue weighted by Gasteiger charge is 2.55. The summed E-state index contributed by atoms with van der Waals surface area (Å²) in [6, 6.07) is 38.8. The first-order valence-corrected chi connectivity index (χ1v) is 30.7. The maximum atomic E-state index is 15.1. The van der Waals surface area contributed by atoms with Crippen LogP contribution in [0.1, 0.15) is 72.9 Å². The van der Waals surface area contributed by atoms with Gasteiger partial charge in [0.05, 0.1) is 11.3 Å². The number of hydrogen-bond acceptors (Lipinski definition) is 23. The van der Waals surface area contributed by atoms with Gasteiger partial charge < -0.3 is 49.4 Å². The number of oxime groups is 1. The van der Waals surface area contributed by atoms with E-state index in [0.29, 0.717) is 22.0 Å². The molecule has 26 heteroatoms. The van der Waals surface area contributed by atoms with Crippen molar-refractivity contribution in [2.24, 2.45) is 5.16 Å². The van der Waals surface area contributed by atoms with Crippen molar-refractivity contribution in [2.75, 3.05) is 23.9 Å². The van der Waals surface area contributed by atoms with E-state index in [0.717, 1.165) is 70.0 Å². The average Bonchev–Trinajstić information content (AvgIpc) is 0.850. The lowest BCUT2D eigenvalue weighted by Crippen LogP contribution is -2.71. The summed E-state index contributed by atoms with van der Waals surface area (Å²) in [6.45, 7) is 7.05. The van der Waals surface area contributed by atoms with E-state index in [1.165, 1.54) is 48.9 Å². The van der Waals surface area contributed by atoms with Gasteiger partial charge in [0.15, 0.2) is 22.3 Å². The fourth-order valence-electron chi connectivity index (χ4n) is 8.94. The van der Waals surface area contributed by atoms with Gasteiger partial charge in [0, 0.05) is 35.6 Å². The number of ether oxygens (including phenoxy) is 5. The number of nitrogens with zero attached hydrogens (tertiary/aromatic N) is 4. The third kappa shape index (κ3) is 14.3. The van der Waals surface area contributed by atoms with Gasteiger partial charge in [-0.3, -0.25) is 24.1 Å². The smallest absolute Gasteiger partial charge is 0.361 e. The Hall–Kier alpha value is -8.69. The van der Waals surface area contributed by atoms with Gasteiger partial charge in [0.2, 0.25) is 5.88 Å². The molecule has 2 aliphatic heterocycles. The number of carboxylic acids is 1. The van der Waals surface area contributed by atoms with E-state index in [-0.39, 0.29) is 50.1 Å². The standard InChI is InChI=1S/C60H54N6O15S5/c1-33(67)78-43-27-26-41(28-44(43)79-34(2)68)85-56(55(75)80-59(3,4)5)81-64-46(42-32-84-58(61-42)63-60(37-16-10-7-11-17-37,38-18-12-8-13-19-38)39-20-14-9-15-21-39)50(70)62-47-51(71)66-48(54(74)77-29-35-22-24-40(76-6)25-23-35)36(30-82-52(47)66)31-83-57-45(53(72)73)49(69)65-86-57/h7-28,32,47,52,56H,29-31H2,1-6H3,(H,61,63)(H,62,70)(H,65,69)(H,72,73)/b64-46-/t47-,52+,56-/m1/s1. The molecular formula is C60H54N6O15S5. The van der Waals surface area contributed by atoms with Crippen LogP contribution in [-0.2, 0) is 55.2 Å². The molecule has 0 aliphatic carbocycles. The number of aromatic nitrogens is 2. The second-order valence-corrected chi connectivity index (χ2v) is 25.0. The number of thiazole rings is 1. The lowest BCUT2D eigenvalue weighted by atomic mass is 9.77. The molecule has 1 saturated heterocycles. The van der Waals surface area contributed by atoms with Gasteiger partial charge in [-0.05, 0) is 90.5 Å². The third-order valence-corrected chi connectivity index (χ3v) is 18.0.